The molecule has 0 bridgehead atoms. The van der Waals surface area contributed by atoms with Crippen LogP contribution < -0.4 is 5.73 Å². The summed E-state index contributed by atoms with van der Waals surface area (Å²) in [6.45, 7) is 0. The molecule has 0 fully saturated rings. The fourth-order valence-corrected chi connectivity index (χ4v) is 2.16. The summed E-state index contributed by atoms with van der Waals surface area (Å²) in [5, 5.41) is 6.00. The van der Waals surface area contributed by atoms with Crippen molar-refractivity contribution >= 4 is 17.3 Å². The molecule has 2 heterocycles. The van der Waals surface area contributed by atoms with E-state index in [2.05, 4.69) is 15.2 Å². The molecule has 0 aliphatic carbocycles. The van der Waals surface area contributed by atoms with Crippen molar-refractivity contribution in [1.82, 2.24) is 15.2 Å². The highest BCUT2D eigenvalue weighted by Gasteiger charge is 2.21. The Morgan fingerprint density at radius 3 is 2.65 bits per heavy atom. The number of Topliss-reactive ketones (excluding diaryl/α,β-unsaturated/α-hetero) is 2. The second-order valence-electron chi connectivity index (χ2n) is 5.09. The molecule has 2 aromatic heterocycles. The molecule has 0 aliphatic heterocycles. The number of nitrogens with one attached hydrogen (secondary N) is 1. The SMILES string of the molecule is Nc1ccc(Cc2coc(CC(=O)C(=O)c3nc[nH]n3)c2)cc1. The number of ketones is 2. The van der Waals surface area contributed by atoms with Crippen molar-refractivity contribution in [1.29, 1.82) is 0 Å². The molecular formula is C16H14N4O3. The van der Waals surface area contributed by atoms with Crippen molar-refractivity contribution in [3.8, 4) is 0 Å². The van der Waals surface area contributed by atoms with E-state index < -0.39 is 11.6 Å². The number of benzene rings is 1. The van der Waals surface area contributed by atoms with Gasteiger partial charge in [0.15, 0.2) is 0 Å². The first-order chi connectivity index (χ1) is 11.1. The number of H-pyrrole nitrogens is 1. The van der Waals surface area contributed by atoms with E-state index >= 15 is 0 Å². The van der Waals surface area contributed by atoms with E-state index in [9.17, 15) is 9.59 Å². The molecule has 1 aromatic carbocycles. The zero-order valence-electron chi connectivity index (χ0n) is 12.2. The van der Waals surface area contributed by atoms with Gasteiger partial charge in [-0.2, -0.15) is 0 Å². The number of anilines is 1. The first-order valence-corrected chi connectivity index (χ1v) is 6.96. The number of aromatic amines is 1. The number of hydrogen-bond acceptors (Lipinski definition) is 6. The van der Waals surface area contributed by atoms with Crippen LogP contribution in [0.4, 0.5) is 5.69 Å². The Labute approximate surface area is 131 Å². The van der Waals surface area contributed by atoms with Gasteiger partial charge >= 0.3 is 0 Å². The number of carbonyl (C=O) groups excluding carboxylic acids is 2. The summed E-state index contributed by atoms with van der Waals surface area (Å²) in [4.78, 5) is 27.4. The summed E-state index contributed by atoms with van der Waals surface area (Å²) in [7, 11) is 0. The third-order valence-corrected chi connectivity index (χ3v) is 3.30. The minimum atomic E-state index is -0.734. The lowest BCUT2D eigenvalue weighted by Crippen LogP contribution is -2.17. The Kier molecular flexibility index (Phi) is 4.01. The van der Waals surface area contributed by atoms with Gasteiger partial charge in [-0.05, 0) is 29.3 Å². The number of rotatable bonds is 6. The normalized spacial score (nSPS) is 10.6. The molecule has 0 saturated carbocycles. The number of nitrogen functional groups attached to an aromatic ring is 1. The van der Waals surface area contributed by atoms with Crippen LogP contribution in [0, 0.1) is 0 Å². The Hall–Kier alpha value is -3.22. The number of hydrogen-bond donors (Lipinski definition) is 2. The van der Waals surface area contributed by atoms with Gasteiger partial charge in [-0.15, -0.1) is 5.10 Å². The molecule has 116 valence electrons. The van der Waals surface area contributed by atoms with Gasteiger partial charge in [-0.25, -0.2) is 4.98 Å². The standard InChI is InChI=1S/C16H14N4O3/c17-12-3-1-10(2-4-12)5-11-6-13(23-8-11)7-14(21)15(22)16-18-9-19-20-16/h1-4,6,8-9H,5,7,17H2,(H,18,19,20). The summed E-state index contributed by atoms with van der Waals surface area (Å²) in [6, 6.07) is 9.28. The molecular weight excluding hydrogens is 296 g/mol. The van der Waals surface area contributed by atoms with E-state index in [1.165, 1.54) is 6.33 Å². The number of furan rings is 1. The minimum Gasteiger partial charge on any atom is -0.469 e. The Morgan fingerprint density at radius 1 is 1.17 bits per heavy atom. The van der Waals surface area contributed by atoms with Crippen LogP contribution in [-0.2, 0) is 17.6 Å². The summed E-state index contributed by atoms with van der Waals surface area (Å²) >= 11 is 0. The Balaban J connectivity index is 1.64. The molecule has 0 atom stereocenters. The van der Waals surface area contributed by atoms with Gasteiger partial charge in [0.1, 0.15) is 12.1 Å². The van der Waals surface area contributed by atoms with E-state index in [1.807, 2.05) is 24.3 Å². The van der Waals surface area contributed by atoms with Crippen LogP contribution >= 0.6 is 0 Å². The molecule has 0 aliphatic rings. The average Bonchev–Trinajstić information content (AvgIpc) is 3.21. The molecule has 3 rings (SSSR count). The van der Waals surface area contributed by atoms with Gasteiger partial charge < -0.3 is 10.2 Å². The predicted octanol–water partition coefficient (Wildman–Crippen LogP) is 1.57. The maximum Gasteiger partial charge on any atom is 0.268 e. The van der Waals surface area contributed by atoms with E-state index in [0.717, 1.165) is 11.1 Å². The molecule has 7 nitrogen and oxygen atoms in total. The molecule has 0 saturated heterocycles. The van der Waals surface area contributed by atoms with Crippen molar-refractivity contribution < 1.29 is 14.0 Å². The highest BCUT2D eigenvalue weighted by atomic mass is 16.3. The van der Waals surface area contributed by atoms with Crippen LogP contribution in [0.1, 0.15) is 27.5 Å². The second-order valence-corrected chi connectivity index (χ2v) is 5.09. The van der Waals surface area contributed by atoms with Crippen LogP contribution in [0.5, 0.6) is 0 Å². The summed E-state index contributed by atoms with van der Waals surface area (Å²) < 4.78 is 5.35. The molecule has 3 N–H and O–H groups in total. The number of aromatic nitrogens is 3. The average molecular weight is 310 g/mol. The third-order valence-electron chi connectivity index (χ3n) is 3.30. The van der Waals surface area contributed by atoms with Gasteiger partial charge in [0, 0.05) is 12.1 Å². The van der Waals surface area contributed by atoms with E-state index in [-0.39, 0.29) is 12.2 Å². The van der Waals surface area contributed by atoms with Gasteiger partial charge in [0.05, 0.1) is 12.7 Å². The third kappa shape index (κ3) is 3.52. The lowest BCUT2D eigenvalue weighted by atomic mass is 10.1. The van der Waals surface area contributed by atoms with Crippen LogP contribution in [-0.4, -0.2) is 26.7 Å². The van der Waals surface area contributed by atoms with Crippen molar-refractivity contribution in [3.63, 3.8) is 0 Å². The van der Waals surface area contributed by atoms with Crippen LogP contribution in [0.3, 0.4) is 0 Å². The van der Waals surface area contributed by atoms with Gasteiger partial charge in [-0.3, -0.25) is 14.7 Å². The Morgan fingerprint density at radius 2 is 1.96 bits per heavy atom. The highest BCUT2D eigenvalue weighted by Crippen LogP contribution is 2.15. The minimum absolute atomic E-state index is 0.116. The van der Waals surface area contributed by atoms with E-state index in [1.54, 1.807) is 12.3 Å². The van der Waals surface area contributed by atoms with Crippen LogP contribution in [0.25, 0.3) is 0 Å². The summed E-state index contributed by atoms with van der Waals surface area (Å²) in [5.41, 5.74) is 8.35. The molecule has 0 amide bonds. The van der Waals surface area contributed by atoms with Gasteiger partial charge in [0.25, 0.3) is 5.78 Å². The van der Waals surface area contributed by atoms with Crippen molar-refractivity contribution in [2.24, 2.45) is 0 Å². The van der Waals surface area contributed by atoms with Crippen molar-refractivity contribution in [3.05, 3.63) is 65.6 Å². The second kappa shape index (κ2) is 6.27. The van der Waals surface area contributed by atoms with E-state index in [0.29, 0.717) is 17.9 Å². The monoisotopic (exact) mass is 310 g/mol. The van der Waals surface area contributed by atoms with Crippen LogP contribution in [0.15, 0.2) is 47.3 Å². The quantitative estimate of drug-likeness (QED) is 0.405. The number of nitrogens with two attached hydrogens (primary N) is 1. The largest absolute Gasteiger partial charge is 0.469 e. The molecule has 7 heteroatoms. The fraction of sp³-hybridized carbons (Fsp3) is 0.125. The van der Waals surface area contributed by atoms with Crippen LogP contribution in [0.2, 0.25) is 0 Å². The molecule has 0 radical (unpaired) electrons. The van der Waals surface area contributed by atoms with Crippen molar-refractivity contribution in [2.45, 2.75) is 12.8 Å². The topological polar surface area (TPSA) is 115 Å². The molecule has 0 spiro atoms. The Bertz CT molecular complexity index is 819. The number of nitrogens with zero attached hydrogens (tertiary/aromatic N) is 2. The maximum atomic E-state index is 11.9. The maximum absolute atomic E-state index is 11.9. The summed E-state index contributed by atoms with van der Waals surface area (Å²) in [6.07, 6.45) is 3.37. The van der Waals surface area contributed by atoms with Gasteiger partial charge in [0.2, 0.25) is 11.6 Å². The fourth-order valence-electron chi connectivity index (χ4n) is 2.16. The smallest absolute Gasteiger partial charge is 0.268 e. The first kappa shape index (κ1) is 14.7. The van der Waals surface area contributed by atoms with Crippen molar-refractivity contribution in [2.75, 3.05) is 5.73 Å². The first-order valence-electron chi connectivity index (χ1n) is 6.96. The summed E-state index contributed by atoms with van der Waals surface area (Å²) in [5.74, 6) is -1.05. The zero-order valence-corrected chi connectivity index (χ0v) is 12.2. The zero-order chi connectivity index (χ0) is 16.2. The predicted molar refractivity (Wildman–Crippen MR) is 81.8 cm³/mol. The molecule has 23 heavy (non-hydrogen) atoms. The highest BCUT2D eigenvalue weighted by molar-refractivity contribution is 6.42. The van der Waals surface area contributed by atoms with E-state index in [4.69, 9.17) is 10.2 Å². The van der Waals surface area contributed by atoms with Gasteiger partial charge in [-0.1, -0.05) is 12.1 Å². The lowest BCUT2D eigenvalue weighted by Gasteiger charge is -1.98. The lowest BCUT2D eigenvalue weighted by molar-refractivity contribution is -0.114. The molecule has 0 unspecified atom stereocenters. The molecule has 3 aromatic rings. The number of carbonyl (C=O) groups is 2.